The zero-order chi connectivity index (χ0) is 21.6. The SMILES string of the molecule is COc1cc2nncc(N3CCc4cc(S(=O)(=O)N(C)C)ccc43)c2cc1C(C)O. The van der Waals surface area contributed by atoms with Gasteiger partial charge in [-0.1, -0.05) is 0 Å². The van der Waals surface area contributed by atoms with E-state index in [2.05, 4.69) is 15.1 Å². The highest BCUT2D eigenvalue weighted by Crippen LogP contribution is 2.40. The maximum atomic E-state index is 12.5. The van der Waals surface area contributed by atoms with Crippen molar-refractivity contribution in [3.05, 3.63) is 47.7 Å². The van der Waals surface area contributed by atoms with Crippen molar-refractivity contribution in [2.45, 2.75) is 24.3 Å². The van der Waals surface area contributed by atoms with Gasteiger partial charge in [0.15, 0.2) is 0 Å². The molecule has 0 spiro atoms. The van der Waals surface area contributed by atoms with E-state index in [0.717, 1.165) is 28.7 Å². The van der Waals surface area contributed by atoms with Crippen molar-refractivity contribution in [2.24, 2.45) is 0 Å². The van der Waals surface area contributed by atoms with E-state index in [0.29, 0.717) is 23.4 Å². The first kappa shape index (κ1) is 20.5. The highest BCUT2D eigenvalue weighted by Gasteiger charge is 2.26. The summed E-state index contributed by atoms with van der Waals surface area (Å²) in [6.07, 6.45) is 1.71. The minimum Gasteiger partial charge on any atom is -0.496 e. The van der Waals surface area contributed by atoms with E-state index in [-0.39, 0.29) is 4.90 Å². The number of rotatable bonds is 5. The molecular formula is C21H24N4O4S. The number of aliphatic hydroxyl groups excluding tert-OH is 1. The highest BCUT2D eigenvalue weighted by atomic mass is 32.2. The maximum absolute atomic E-state index is 12.5. The molecule has 1 N–H and O–H groups in total. The Morgan fingerprint density at radius 3 is 2.63 bits per heavy atom. The van der Waals surface area contributed by atoms with Gasteiger partial charge >= 0.3 is 0 Å². The molecule has 0 bridgehead atoms. The van der Waals surface area contributed by atoms with Gasteiger partial charge < -0.3 is 14.7 Å². The molecule has 3 aromatic rings. The first-order valence-corrected chi connectivity index (χ1v) is 11.0. The van der Waals surface area contributed by atoms with Crippen molar-refractivity contribution in [1.82, 2.24) is 14.5 Å². The van der Waals surface area contributed by atoms with Crippen molar-refractivity contribution < 1.29 is 18.3 Å². The number of nitrogens with zero attached hydrogens (tertiary/aromatic N) is 4. The van der Waals surface area contributed by atoms with Crippen LogP contribution in [0.3, 0.4) is 0 Å². The van der Waals surface area contributed by atoms with Crippen molar-refractivity contribution in [1.29, 1.82) is 0 Å². The number of ether oxygens (including phenoxy) is 1. The van der Waals surface area contributed by atoms with E-state index in [9.17, 15) is 13.5 Å². The molecule has 1 aromatic heterocycles. The van der Waals surface area contributed by atoms with Gasteiger partial charge in [0.25, 0.3) is 0 Å². The average molecular weight is 429 g/mol. The summed E-state index contributed by atoms with van der Waals surface area (Å²) in [5, 5.41) is 19.4. The van der Waals surface area contributed by atoms with Gasteiger partial charge in [-0.3, -0.25) is 0 Å². The number of methoxy groups -OCH3 is 1. The van der Waals surface area contributed by atoms with Gasteiger partial charge in [-0.05, 0) is 43.2 Å². The molecule has 30 heavy (non-hydrogen) atoms. The summed E-state index contributed by atoms with van der Waals surface area (Å²) >= 11 is 0. The Morgan fingerprint density at radius 2 is 1.97 bits per heavy atom. The van der Waals surface area contributed by atoms with Crippen LogP contribution >= 0.6 is 0 Å². The molecule has 0 saturated heterocycles. The van der Waals surface area contributed by atoms with Gasteiger partial charge in [0.2, 0.25) is 10.0 Å². The number of benzene rings is 2. The number of anilines is 2. The summed E-state index contributed by atoms with van der Waals surface area (Å²) in [6.45, 7) is 2.38. The lowest BCUT2D eigenvalue weighted by atomic mass is 10.0. The lowest BCUT2D eigenvalue weighted by Crippen LogP contribution is -2.22. The number of hydrogen-bond acceptors (Lipinski definition) is 7. The molecule has 1 unspecified atom stereocenters. The third kappa shape index (κ3) is 3.28. The van der Waals surface area contributed by atoms with Gasteiger partial charge in [0.05, 0.1) is 35.5 Å². The van der Waals surface area contributed by atoms with Crippen LogP contribution in [0.5, 0.6) is 5.75 Å². The third-order valence-electron chi connectivity index (χ3n) is 5.44. The summed E-state index contributed by atoms with van der Waals surface area (Å²) in [5.74, 6) is 0.560. The van der Waals surface area contributed by atoms with Gasteiger partial charge in [-0.25, -0.2) is 12.7 Å². The molecule has 0 fully saturated rings. The molecule has 8 nitrogen and oxygen atoms in total. The second-order valence-corrected chi connectivity index (χ2v) is 9.65. The molecule has 4 rings (SSSR count). The molecular weight excluding hydrogens is 404 g/mol. The zero-order valence-electron chi connectivity index (χ0n) is 17.3. The van der Waals surface area contributed by atoms with Crippen molar-refractivity contribution in [3.8, 4) is 5.75 Å². The fraction of sp³-hybridized carbons (Fsp3) is 0.333. The minimum atomic E-state index is -3.49. The first-order valence-electron chi connectivity index (χ1n) is 9.58. The summed E-state index contributed by atoms with van der Waals surface area (Å²) in [4.78, 5) is 2.39. The highest BCUT2D eigenvalue weighted by molar-refractivity contribution is 7.89. The van der Waals surface area contributed by atoms with Crippen LogP contribution in [-0.4, -0.2) is 55.8 Å². The lowest BCUT2D eigenvalue weighted by Gasteiger charge is -2.22. The smallest absolute Gasteiger partial charge is 0.242 e. The molecule has 0 aliphatic carbocycles. The number of fused-ring (bicyclic) bond motifs is 2. The second-order valence-electron chi connectivity index (χ2n) is 7.50. The quantitative estimate of drug-likeness (QED) is 0.667. The molecule has 0 saturated carbocycles. The van der Waals surface area contributed by atoms with E-state index in [1.54, 1.807) is 38.4 Å². The van der Waals surface area contributed by atoms with E-state index in [1.165, 1.54) is 18.4 Å². The van der Waals surface area contributed by atoms with Crippen LogP contribution in [0.15, 0.2) is 41.4 Å². The summed E-state index contributed by atoms with van der Waals surface area (Å²) in [7, 11) is 1.12. The Hall–Kier alpha value is -2.75. The van der Waals surface area contributed by atoms with Crippen molar-refractivity contribution in [2.75, 3.05) is 32.6 Å². The predicted octanol–water partition coefficient (Wildman–Crippen LogP) is 2.64. The Morgan fingerprint density at radius 1 is 1.20 bits per heavy atom. The number of aliphatic hydroxyl groups is 1. The molecule has 9 heteroatoms. The van der Waals surface area contributed by atoms with Gasteiger partial charge in [-0.2, -0.15) is 10.2 Å². The molecule has 0 amide bonds. The fourth-order valence-corrected chi connectivity index (χ4v) is 4.76. The minimum absolute atomic E-state index is 0.284. The van der Waals surface area contributed by atoms with Crippen molar-refractivity contribution in [3.63, 3.8) is 0 Å². The maximum Gasteiger partial charge on any atom is 0.242 e. The Bertz CT molecular complexity index is 1230. The van der Waals surface area contributed by atoms with Crippen molar-refractivity contribution >= 4 is 32.3 Å². The lowest BCUT2D eigenvalue weighted by molar-refractivity contribution is 0.194. The summed E-state index contributed by atoms with van der Waals surface area (Å²) < 4.78 is 31.6. The van der Waals surface area contributed by atoms with Crippen LogP contribution in [0.2, 0.25) is 0 Å². The molecule has 1 aliphatic heterocycles. The molecule has 158 valence electrons. The third-order valence-corrected chi connectivity index (χ3v) is 7.25. The molecule has 2 heterocycles. The van der Waals surface area contributed by atoms with Crippen LogP contribution in [0.1, 0.15) is 24.2 Å². The van der Waals surface area contributed by atoms with Crippen LogP contribution in [0, 0.1) is 0 Å². The zero-order valence-corrected chi connectivity index (χ0v) is 18.1. The summed E-state index contributed by atoms with van der Waals surface area (Å²) in [6, 6.07) is 8.87. The topological polar surface area (TPSA) is 95.9 Å². The monoisotopic (exact) mass is 428 g/mol. The number of sulfonamides is 1. The Balaban J connectivity index is 1.83. The molecule has 0 radical (unpaired) electrons. The van der Waals surface area contributed by atoms with E-state index in [1.807, 2.05) is 12.1 Å². The van der Waals surface area contributed by atoms with Gasteiger partial charge in [0.1, 0.15) is 5.75 Å². The van der Waals surface area contributed by atoms with Gasteiger partial charge in [0, 0.05) is 43.3 Å². The van der Waals surface area contributed by atoms with Gasteiger partial charge in [-0.15, -0.1) is 0 Å². The van der Waals surface area contributed by atoms with E-state index in [4.69, 9.17) is 4.74 Å². The number of hydrogen-bond donors (Lipinski definition) is 1. The van der Waals surface area contributed by atoms with E-state index < -0.39 is 16.1 Å². The predicted molar refractivity (Wildman–Crippen MR) is 115 cm³/mol. The second kappa shape index (κ2) is 7.50. The first-order chi connectivity index (χ1) is 14.2. The Kier molecular flexibility index (Phi) is 5.13. The summed E-state index contributed by atoms with van der Waals surface area (Å²) in [5.41, 5.74) is 4.09. The van der Waals surface area contributed by atoms with Crippen LogP contribution < -0.4 is 9.64 Å². The normalized spacial score (nSPS) is 14.9. The van der Waals surface area contributed by atoms with Crippen LogP contribution in [-0.2, 0) is 16.4 Å². The molecule has 1 aliphatic rings. The fourth-order valence-electron chi connectivity index (χ4n) is 3.81. The average Bonchev–Trinajstić information content (AvgIpc) is 3.15. The Labute approximate surface area is 175 Å². The van der Waals surface area contributed by atoms with E-state index >= 15 is 0 Å². The standard InChI is InChI=1S/C21H24N4O4S/c1-13(26)16-10-17-18(11-21(16)29-4)23-22-12-20(17)25-8-7-14-9-15(5-6-19(14)25)30(27,28)24(2)3/h5-6,9-13,26H,7-8H2,1-4H3. The molecule has 2 aromatic carbocycles. The van der Waals surface area contributed by atoms with Crippen LogP contribution in [0.4, 0.5) is 11.4 Å². The van der Waals surface area contributed by atoms with Crippen LogP contribution in [0.25, 0.3) is 10.9 Å². The molecule has 1 atom stereocenters. The largest absolute Gasteiger partial charge is 0.496 e. The number of aromatic nitrogens is 2.